The number of halogens is 2. The Morgan fingerprint density at radius 3 is 2.69 bits per heavy atom. The summed E-state index contributed by atoms with van der Waals surface area (Å²) in [6.45, 7) is 2.50. The van der Waals surface area contributed by atoms with Crippen molar-refractivity contribution in [3.05, 3.63) is 71.4 Å². The Morgan fingerprint density at radius 1 is 1.16 bits per heavy atom. The van der Waals surface area contributed by atoms with E-state index in [9.17, 15) is 18.4 Å². The number of hydrogen-bond donors (Lipinski definition) is 1. The topological polar surface area (TPSA) is 85.5 Å². The van der Waals surface area contributed by atoms with Crippen molar-refractivity contribution in [3.8, 4) is 5.75 Å². The van der Waals surface area contributed by atoms with E-state index in [1.165, 1.54) is 30.3 Å². The van der Waals surface area contributed by atoms with Gasteiger partial charge in [0.1, 0.15) is 17.4 Å². The zero-order valence-electron chi connectivity index (χ0n) is 17.6. The second kappa shape index (κ2) is 8.90. The number of nitrogens with two attached hydrogens (primary N) is 1. The van der Waals surface area contributed by atoms with Crippen LogP contribution in [0.2, 0.25) is 0 Å². The number of piperidine rings is 1. The molecule has 2 amide bonds. The first-order chi connectivity index (χ1) is 15.3. The smallest absolute Gasteiger partial charge is 0.263 e. The molecule has 2 N–H and O–H groups in total. The summed E-state index contributed by atoms with van der Waals surface area (Å²) in [5, 5.41) is 0.489. The number of amides is 2. The molecule has 0 bridgehead atoms. The summed E-state index contributed by atoms with van der Waals surface area (Å²) in [6, 6.07) is 11.4. The van der Waals surface area contributed by atoms with Crippen LogP contribution < -0.4 is 10.5 Å². The summed E-state index contributed by atoms with van der Waals surface area (Å²) < 4.78 is 32.6. The highest BCUT2D eigenvalue weighted by molar-refractivity contribution is 5.98. The maximum Gasteiger partial charge on any atom is 0.263 e. The van der Waals surface area contributed by atoms with Gasteiger partial charge < -0.3 is 15.4 Å². The van der Waals surface area contributed by atoms with Crippen molar-refractivity contribution in [1.29, 1.82) is 0 Å². The lowest BCUT2D eigenvalue weighted by atomic mass is 9.90. The summed E-state index contributed by atoms with van der Waals surface area (Å²) in [4.78, 5) is 31.4. The van der Waals surface area contributed by atoms with Crippen LogP contribution >= 0.6 is 0 Å². The average Bonchev–Trinajstić information content (AvgIpc) is 2.77. The fraction of sp³-hybridized carbons (Fsp3) is 0.292. The van der Waals surface area contributed by atoms with E-state index in [1.807, 2.05) is 0 Å². The van der Waals surface area contributed by atoms with Crippen LogP contribution in [0.1, 0.15) is 41.7 Å². The molecule has 2 aromatic carbocycles. The van der Waals surface area contributed by atoms with E-state index in [0.717, 1.165) is 6.42 Å². The van der Waals surface area contributed by atoms with E-state index in [-0.39, 0.29) is 23.1 Å². The second-order valence-corrected chi connectivity index (χ2v) is 7.96. The van der Waals surface area contributed by atoms with Gasteiger partial charge in [-0.3, -0.25) is 14.6 Å². The van der Waals surface area contributed by atoms with Crippen LogP contribution in [0, 0.1) is 11.6 Å². The Balaban J connectivity index is 1.56. The van der Waals surface area contributed by atoms with Crippen molar-refractivity contribution in [2.75, 3.05) is 13.1 Å². The van der Waals surface area contributed by atoms with Gasteiger partial charge in [-0.15, -0.1) is 0 Å². The number of carbonyl (C=O) groups excluding carboxylic acids is 2. The van der Waals surface area contributed by atoms with Gasteiger partial charge in [-0.1, -0.05) is 6.07 Å². The Hall–Kier alpha value is -3.55. The van der Waals surface area contributed by atoms with Gasteiger partial charge in [0.25, 0.3) is 11.8 Å². The molecule has 0 aliphatic carbocycles. The van der Waals surface area contributed by atoms with Gasteiger partial charge in [-0.05, 0) is 56.2 Å². The molecule has 2 unspecified atom stereocenters. The van der Waals surface area contributed by atoms with Gasteiger partial charge in [0.05, 0.1) is 16.8 Å². The van der Waals surface area contributed by atoms with Crippen molar-refractivity contribution < 1.29 is 23.1 Å². The van der Waals surface area contributed by atoms with Gasteiger partial charge >= 0.3 is 0 Å². The molecule has 0 saturated carbocycles. The highest BCUT2D eigenvalue weighted by atomic mass is 19.1. The van der Waals surface area contributed by atoms with Crippen LogP contribution in [-0.4, -0.2) is 40.9 Å². The summed E-state index contributed by atoms with van der Waals surface area (Å²) in [5.74, 6) is -1.68. The lowest BCUT2D eigenvalue weighted by Gasteiger charge is -2.34. The maximum absolute atomic E-state index is 13.6. The molecule has 1 saturated heterocycles. The number of primary amides is 1. The number of nitrogens with zero attached hydrogens (tertiary/aromatic N) is 2. The number of ether oxygens (including phenoxy) is 1. The summed E-state index contributed by atoms with van der Waals surface area (Å²) in [5.41, 5.74) is 6.88. The van der Waals surface area contributed by atoms with Crippen molar-refractivity contribution in [2.45, 2.75) is 31.8 Å². The Kier molecular flexibility index (Phi) is 6.03. The lowest BCUT2D eigenvalue weighted by molar-refractivity contribution is -0.139. The number of fused-ring (bicyclic) bond motifs is 1. The van der Waals surface area contributed by atoms with Gasteiger partial charge in [-0.25, -0.2) is 8.78 Å². The maximum atomic E-state index is 13.6. The molecule has 1 aliphatic rings. The monoisotopic (exact) mass is 439 g/mol. The largest absolute Gasteiger partial charge is 0.481 e. The SMILES string of the molecule is CC(Oc1cccc(F)c1)C(=O)N1CCCC(c2nc3ccc(F)cc3cc2C(N)=O)C1. The van der Waals surface area contributed by atoms with Gasteiger partial charge in [-0.2, -0.15) is 0 Å². The molecular formula is C24H23F2N3O3. The number of aromatic nitrogens is 1. The van der Waals surface area contributed by atoms with Crippen molar-refractivity contribution in [1.82, 2.24) is 9.88 Å². The number of likely N-dealkylation sites (tertiary alicyclic amines) is 1. The molecule has 1 fully saturated rings. The van der Waals surface area contributed by atoms with Crippen LogP contribution in [0.4, 0.5) is 8.78 Å². The first kappa shape index (κ1) is 21.7. The van der Waals surface area contributed by atoms with E-state index >= 15 is 0 Å². The molecule has 2 heterocycles. The third kappa shape index (κ3) is 4.54. The quantitative estimate of drug-likeness (QED) is 0.656. The van der Waals surface area contributed by atoms with Crippen molar-refractivity contribution >= 4 is 22.7 Å². The zero-order valence-corrected chi connectivity index (χ0v) is 17.6. The molecule has 3 aromatic rings. The molecule has 166 valence electrons. The Bertz CT molecular complexity index is 1180. The van der Waals surface area contributed by atoms with E-state index in [4.69, 9.17) is 10.5 Å². The summed E-state index contributed by atoms with van der Waals surface area (Å²) in [7, 11) is 0. The number of hydrogen-bond acceptors (Lipinski definition) is 4. The minimum absolute atomic E-state index is 0.203. The molecule has 32 heavy (non-hydrogen) atoms. The van der Waals surface area contributed by atoms with Crippen molar-refractivity contribution in [2.24, 2.45) is 5.73 Å². The highest BCUT2D eigenvalue weighted by Crippen LogP contribution is 2.31. The third-order valence-corrected chi connectivity index (χ3v) is 5.65. The van der Waals surface area contributed by atoms with E-state index in [2.05, 4.69) is 4.98 Å². The van der Waals surface area contributed by atoms with Crippen LogP contribution in [0.25, 0.3) is 10.9 Å². The average molecular weight is 439 g/mol. The Morgan fingerprint density at radius 2 is 1.94 bits per heavy atom. The number of benzene rings is 2. The van der Waals surface area contributed by atoms with E-state index < -0.39 is 23.6 Å². The normalized spacial score (nSPS) is 17.2. The number of pyridine rings is 1. The van der Waals surface area contributed by atoms with Crippen LogP contribution in [0.15, 0.2) is 48.5 Å². The number of carbonyl (C=O) groups is 2. The molecule has 2 atom stereocenters. The van der Waals surface area contributed by atoms with E-state index in [0.29, 0.717) is 36.1 Å². The molecule has 1 aromatic heterocycles. The fourth-order valence-electron chi connectivity index (χ4n) is 4.12. The summed E-state index contributed by atoms with van der Waals surface area (Å²) >= 11 is 0. The fourth-order valence-corrected chi connectivity index (χ4v) is 4.12. The minimum Gasteiger partial charge on any atom is -0.481 e. The molecule has 6 nitrogen and oxygen atoms in total. The van der Waals surface area contributed by atoms with Crippen LogP contribution in [-0.2, 0) is 4.79 Å². The summed E-state index contributed by atoms with van der Waals surface area (Å²) in [6.07, 6.45) is 0.631. The van der Waals surface area contributed by atoms with E-state index in [1.54, 1.807) is 30.0 Å². The molecular weight excluding hydrogens is 416 g/mol. The number of rotatable bonds is 5. The highest BCUT2D eigenvalue weighted by Gasteiger charge is 2.31. The van der Waals surface area contributed by atoms with Gasteiger partial charge in [0, 0.05) is 30.5 Å². The predicted molar refractivity (Wildman–Crippen MR) is 115 cm³/mol. The first-order valence-electron chi connectivity index (χ1n) is 10.4. The van der Waals surface area contributed by atoms with Crippen LogP contribution in [0.3, 0.4) is 0 Å². The third-order valence-electron chi connectivity index (χ3n) is 5.65. The second-order valence-electron chi connectivity index (χ2n) is 7.96. The predicted octanol–water partition coefficient (Wildman–Crippen LogP) is 3.79. The molecule has 1 aliphatic heterocycles. The van der Waals surface area contributed by atoms with Gasteiger partial charge in [0.2, 0.25) is 0 Å². The standard InChI is InChI=1S/C24H23F2N3O3/c1-14(32-19-6-2-5-17(25)12-19)24(31)29-9-3-4-15(13-29)22-20(23(27)30)11-16-10-18(26)7-8-21(16)28-22/h2,5-8,10-12,14-15H,3-4,9,13H2,1H3,(H2,27,30). The Labute approximate surface area is 184 Å². The van der Waals surface area contributed by atoms with Crippen molar-refractivity contribution in [3.63, 3.8) is 0 Å². The molecule has 8 heteroatoms. The molecule has 0 spiro atoms. The van der Waals surface area contributed by atoms with Gasteiger partial charge in [0.15, 0.2) is 6.10 Å². The zero-order chi connectivity index (χ0) is 22.8. The molecule has 0 radical (unpaired) electrons. The molecule has 4 rings (SSSR count). The first-order valence-corrected chi connectivity index (χ1v) is 10.4. The minimum atomic E-state index is -0.807. The lowest BCUT2D eigenvalue weighted by Crippen LogP contribution is -2.45. The van der Waals surface area contributed by atoms with Crippen LogP contribution in [0.5, 0.6) is 5.75 Å².